The van der Waals surface area contributed by atoms with Gasteiger partial charge in [-0.25, -0.2) is 0 Å². The van der Waals surface area contributed by atoms with Crippen molar-refractivity contribution in [2.75, 3.05) is 61.7 Å². The molecule has 7 amide bonds. The van der Waals surface area contributed by atoms with Gasteiger partial charge in [-0.05, 0) is 112 Å². The molecule has 3 N–H and O–H groups in total. The molecular weight excluding hydrogens is 911 g/mol. The van der Waals surface area contributed by atoms with E-state index in [9.17, 15) is 46.7 Å². The molecule has 68 heavy (non-hydrogen) atoms. The molecule has 6 atom stereocenters. The van der Waals surface area contributed by atoms with E-state index in [0.717, 1.165) is 16.9 Å². The maximum absolute atomic E-state index is 14.7. The van der Waals surface area contributed by atoms with Gasteiger partial charge in [0.25, 0.3) is 0 Å². The normalized spacial score (nSPS) is 25.4. The first kappa shape index (κ1) is 54.5. The fourth-order valence-electron chi connectivity index (χ4n) is 10.5. The van der Waals surface area contributed by atoms with E-state index in [1.165, 1.54) is 43.0 Å². The van der Waals surface area contributed by atoms with Crippen LogP contribution in [-0.2, 0) is 49.5 Å². The van der Waals surface area contributed by atoms with E-state index in [0.29, 0.717) is 42.7 Å². The topological polar surface area (TPSA) is 187 Å². The van der Waals surface area contributed by atoms with Crippen LogP contribution in [-0.4, -0.2) is 165 Å². The third-order valence-corrected chi connectivity index (χ3v) is 14.8. The Bertz CT molecular complexity index is 2010. The largest absolute Gasteiger partial charge is 0.403 e. The number of amides is 7. The molecule has 2 saturated carbocycles. The molecule has 20 heteroatoms. The second-order valence-electron chi connectivity index (χ2n) is 20.0. The summed E-state index contributed by atoms with van der Waals surface area (Å²) in [6.07, 6.45) is -2.04. The number of methoxy groups -OCH3 is 2. The standard InChI is InChI=1S/C48H71ClF3N7O9/c1-29(2)23-34-44(65)58(6)38(25-31-24-32(49)16-15-30(31)3)41(62)55-35(26-68-8)42(63)56(4)20-10-9-13-36(39(60)54-34)57(5)43(64)33(17-22-67-7)53-40(61)37-14-11-21-59(37)45(66)47(48(50,51)52)27-46(28-47)18-12-19-46/h15-16,24,29,33-38H,9-14,17-23,25-28H2,1-8H3,(H,53,61)(H,54,60)(H,55,62)/t33-,34-,35+,36-,37-,38-/m0/s1. The van der Waals surface area contributed by atoms with Gasteiger partial charge in [-0.2, -0.15) is 13.2 Å². The predicted octanol–water partition coefficient (Wildman–Crippen LogP) is 4.17. The first-order chi connectivity index (χ1) is 32.0. The van der Waals surface area contributed by atoms with E-state index in [2.05, 4.69) is 16.0 Å². The van der Waals surface area contributed by atoms with Crippen LogP contribution < -0.4 is 16.0 Å². The maximum Gasteiger partial charge on any atom is 0.403 e. The SMILES string of the molecule is COCC[C@H](NC(=O)[C@@H]1CCCN1C(=O)C1(C(F)(F)F)CC2(CCC2)C1)C(=O)N(C)[C@H]1CCCCN(C)C(=O)[C@@H](COC)NC(=O)[C@H](Cc2cc(Cl)ccc2C)N(C)C(=O)[C@H](CC(C)C)NC1=O. The van der Waals surface area contributed by atoms with Crippen molar-refractivity contribution in [2.45, 2.75) is 147 Å². The van der Waals surface area contributed by atoms with Gasteiger partial charge in [0.1, 0.15) is 41.7 Å². The minimum absolute atomic E-state index is 0.0116. The Labute approximate surface area is 403 Å². The summed E-state index contributed by atoms with van der Waals surface area (Å²) < 4.78 is 54.7. The van der Waals surface area contributed by atoms with Crippen molar-refractivity contribution in [3.63, 3.8) is 0 Å². The van der Waals surface area contributed by atoms with Crippen molar-refractivity contribution in [3.8, 4) is 0 Å². The van der Waals surface area contributed by atoms with Crippen LogP contribution >= 0.6 is 11.6 Å². The summed E-state index contributed by atoms with van der Waals surface area (Å²) >= 11 is 6.37. The molecule has 380 valence electrons. The highest BCUT2D eigenvalue weighted by atomic mass is 35.5. The average Bonchev–Trinajstić information content (AvgIpc) is 3.75. The number of hydrogen-bond donors (Lipinski definition) is 3. The average molecular weight is 983 g/mol. The molecular formula is C48H71ClF3N7O9. The Morgan fingerprint density at radius 2 is 1.60 bits per heavy atom. The molecule has 0 aromatic heterocycles. The fraction of sp³-hybridized carbons (Fsp3) is 0.729. The van der Waals surface area contributed by atoms with Crippen molar-refractivity contribution < 1.29 is 56.2 Å². The quantitative estimate of drug-likeness (QED) is 0.246. The summed E-state index contributed by atoms with van der Waals surface area (Å²) in [5.41, 5.74) is -1.56. The Morgan fingerprint density at radius 3 is 2.21 bits per heavy atom. The summed E-state index contributed by atoms with van der Waals surface area (Å²) in [6.45, 7) is 5.58. The number of carbonyl (C=O) groups is 7. The lowest BCUT2D eigenvalue weighted by Gasteiger charge is -2.60. The Kier molecular flexibility index (Phi) is 18.4. The number of rotatable bonds is 14. The monoisotopic (exact) mass is 981 g/mol. The van der Waals surface area contributed by atoms with Crippen LogP contribution in [0.1, 0.15) is 102 Å². The minimum atomic E-state index is -4.79. The van der Waals surface area contributed by atoms with E-state index < -0.39 is 94.6 Å². The van der Waals surface area contributed by atoms with Gasteiger partial charge in [0, 0.05) is 66.5 Å². The number of ether oxygens (including phenoxy) is 2. The third kappa shape index (κ3) is 12.3. The van der Waals surface area contributed by atoms with Crippen LogP contribution in [0.3, 0.4) is 0 Å². The number of hydrogen-bond acceptors (Lipinski definition) is 9. The molecule has 1 aromatic rings. The Morgan fingerprint density at radius 1 is 0.926 bits per heavy atom. The summed E-state index contributed by atoms with van der Waals surface area (Å²) in [4.78, 5) is 105. The number of benzene rings is 1. The molecule has 2 aliphatic heterocycles. The molecule has 0 unspecified atom stereocenters. The number of carbonyl (C=O) groups excluding carboxylic acids is 7. The Hall–Kier alpha value is -4.49. The molecule has 4 fully saturated rings. The van der Waals surface area contributed by atoms with Gasteiger partial charge >= 0.3 is 6.18 Å². The Balaban J connectivity index is 1.43. The molecule has 0 bridgehead atoms. The molecule has 1 aromatic carbocycles. The van der Waals surface area contributed by atoms with Crippen molar-refractivity contribution in [2.24, 2.45) is 16.7 Å². The number of halogens is 4. The summed E-state index contributed by atoms with van der Waals surface area (Å²) in [5, 5.41) is 8.82. The van der Waals surface area contributed by atoms with Gasteiger partial charge in [-0.1, -0.05) is 37.9 Å². The second-order valence-corrected chi connectivity index (χ2v) is 20.4. The minimum Gasteiger partial charge on any atom is -0.385 e. The third-order valence-electron chi connectivity index (χ3n) is 14.6. The van der Waals surface area contributed by atoms with Crippen LogP contribution in [0.25, 0.3) is 0 Å². The first-order valence-corrected chi connectivity index (χ1v) is 24.2. The van der Waals surface area contributed by atoms with E-state index in [1.807, 2.05) is 20.8 Å². The number of likely N-dealkylation sites (tertiary alicyclic amines) is 1. The smallest absolute Gasteiger partial charge is 0.385 e. The van der Waals surface area contributed by atoms with Crippen molar-refractivity contribution in [1.29, 1.82) is 0 Å². The lowest BCUT2D eigenvalue weighted by Crippen LogP contribution is -2.66. The summed E-state index contributed by atoms with van der Waals surface area (Å²) in [5.74, 6) is -5.08. The number of aryl methyl sites for hydroxylation is 1. The van der Waals surface area contributed by atoms with Gasteiger partial charge in [0.2, 0.25) is 41.4 Å². The van der Waals surface area contributed by atoms with E-state index in [4.69, 9.17) is 21.1 Å². The zero-order chi connectivity index (χ0) is 50.3. The van der Waals surface area contributed by atoms with Gasteiger partial charge in [0.05, 0.1) is 6.61 Å². The molecule has 1 spiro atoms. The van der Waals surface area contributed by atoms with Gasteiger partial charge in [-0.15, -0.1) is 0 Å². The van der Waals surface area contributed by atoms with Crippen molar-refractivity contribution in [3.05, 3.63) is 34.3 Å². The van der Waals surface area contributed by atoms with Crippen LogP contribution in [0.5, 0.6) is 0 Å². The fourth-order valence-corrected chi connectivity index (χ4v) is 10.7. The van der Waals surface area contributed by atoms with Gasteiger partial charge < -0.3 is 45.0 Å². The van der Waals surface area contributed by atoms with Gasteiger partial charge in [-0.3, -0.25) is 33.6 Å². The highest BCUT2D eigenvalue weighted by molar-refractivity contribution is 6.30. The molecule has 5 rings (SSSR count). The molecule has 2 aliphatic carbocycles. The number of nitrogens with zero attached hydrogens (tertiary/aromatic N) is 4. The maximum atomic E-state index is 14.7. The molecule has 4 aliphatic rings. The van der Waals surface area contributed by atoms with Crippen LogP contribution in [0.2, 0.25) is 5.02 Å². The number of alkyl halides is 3. The first-order valence-electron chi connectivity index (χ1n) is 23.8. The van der Waals surface area contributed by atoms with E-state index in [1.54, 1.807) is 25.2 Å². The van der Waals surface area contributed by atoms with E-state index in [-0.39, 0.29) is 77.2 Å². The van der Waals surface area contributed by atoms with Crippen LogP contribution in [0, 0.1) is 23.7 Å². The highest BCUT2D eigenvalue weighted by Crippen LogP contribution is 2.69. The zero-order valence-electron chi connectivity index (χ0n) is 40.8. The second kappa shape index (κ2) is 23.0. The summed E-state index contributed by atoms with van der Waals surface area (Å²) in [6, 6.07) is -2.03. The predicted molar refractivity (Wildman–Crippen MR) is 247 cm³/mol. The van der Waals surface area contributed by atoms with Crippen molar-refractivity contribution >= 4 is 53.0 Å². The number of likely N-dealkylation sites (N-methyl/N-ethyl adjacent to an activating group) is 3. The zero-order valence-corrected chi connectivity index (χ0v) is 41.5. The van der Waals surface area contributed by atoms with Crippen LogP contribution in [0.4, 0.5) is 13.2 Å². The van der Waals surface area contributed by atoms with E-state index >= 15 is 0 Å². The van der Waals surface area contributed by atoms with Crippen LogP contribution in [0.15, 0.2) is 18.2 Å². The number of nitrogens with one attached hydrogen (secondary N) is 3. The highest BCUT2D eigenvalue weighted by Gasteiger charge is 2.73. The lowest BCUT2D eigenvalue weighted by molar-refractivity contribution is -0.285. The summed E-state index contributed by atoms with van der Waals surface area (Å²) in [7, 11) is 7.22. The van der Waals surface area contributed by atoms with Gasteiger partial charge in [0.15, 0.2) is 0 Å². The molecule has 2 heterocycles. The molecule has 16 nitrogen and oxygen atoms in total. The molecule has 0 radical (unpaired) electrons. The van der Waals surface area contributed by atoms with Crippen molar-refractivity contribution in [1.82, 2.24) is 35.6 Å². The molecule has 2 saturated heterocycles. The lowest BCUT2D eigenvalue weighted by atomic mass is 9.44.